The number of nitrogens with zero attached hydrogens (tertiary/aromatic N) is 1. The second-order valence-electron chi connectivity index (χ2n) is 5.94. The predicted octanol–water partition coefficient (Wildman–Crippen LogP) is 2.68. The smallest absolute Gasteiger partial charge is 0.309 e. The van der Waals surface area contributed by atoms with E-state index in [-0.39, 0.29) is 29.8 Å². The van der Waals surface area contributed by atoms with Crippen molar-refractivity contribution in [2.24, 2.45) is 22.9 Å². The first kappa shape index (κ1) is 12.5. The molecule has 4 heteroatoms. The fourth-order valence-electron chi connectivity index (χ4n) is 3.80. The van der Waals surface area contributed by atoms with Crippen LogP contribution in [0.2, 0.25) is 0 Å². The van der Waals surface area contributed by atoms with Crippen LogP contribution in [0.15, 0.2) is 28.0 Å². The molecule has 1 fully saturated rings. The number of rotatable bonds is 0. The van der Waals surface area contributed by atoms with E-state index in [1.807, 2.05) is 19.9 Å². The van der Waals surface area contributed by atoms with Crippen molar-refractivity contribution in [2.45, 2.75) is 39.7 Å². The summed E-state index contributed by atoms with van der Waals surface area (Å²) >= 11 is 0. The van der Waals surface area contributed by atoms with Crippen LogP contribution in [0.1, 0.15) is 33.6 Å². The Balaban J connectivity index is 2.08. The average molecular weight is 261 g/mol. The number of oxime groups is 1. The molecular weight excluding hydrogens is 242 g/mol. The van der Waals surface area contributed by atoms with Crippen LogP contribution >= 0.6 is 0 Å². The first-order valence-electron chi connectivity index (χ1n) is 6.85. The summed E-state index contributed by atoms with van der Waals surface area (Å²) in [6.45, 7) is 6.07. The van der Waals surface area contributed by atoms with Gasteiger partial charge in [0, 0.05) is 11.8 Å². The maximum absolute atomic E-state index is 11.8. The Morgan fingerprint density at radius 1 is 1.42 bits per heavy atom. The van der Waals surface area contributed by atoms with Crippen molar-refractivity contribution < 1.29 is 14.7 Å². The normalized spacial score (nSPS) is 39.8. The van der Waals surface area contributed by atoms with Gasteiger partial charge in [0.25, 0.3) is 0 Å². The highest BCUT2D eigenvalue weighted by atomic mass is 16.6. The quantitative estimate of drug-likeness (QED) is 0.414. The lowest BCUT2D eigenvalue weighted by atomic mass is 9.81. The molecule has 0 radical (unpaired) electrons. The van der Waals surface area contributed by atoms with E-state index in [1.54, 1.807) is 0 Å². The molecule has 0 unspecified atom stereocenters. The van der Waals surface area contributed by atoms with Gasteiger partial charge in [0.05, 0.1) is 5.92 Å². The van der Waals surface area contributed by atoms with Crippen LogP contribution in [-0.4, -0.2) is 23.0 Å². The zero-order chi connectivity index (χ0) is 13.7. The molecule has 2 aliphatic carbocycles. The van der Waals surface area contributed by atoms with Crippen LogP contribution in [0.5, 0.6) is 0 Å². The molecular formula is C15H19NO3. The highest BCUT2D eigenvalue weighted by Gasteiger charge is 2.50. The van der Waals surface area contributed by atoms with E-state index in [9.17, 15) is 10.0 Å². The highest BCUT2D eigenvalue weighted by molar-refractivity contribution is 6.12. The standard InChI is InChI=1S/C15H19NO3/c1-7-4-5-10-9(3)15(17)19-14(10)13-8(2)6-11(16-18)12(7)13/h6,9-10,13-14,18H,4-5H2,1-3H3/b16-11-/t9-,10+,13-,14-/m0/s1. The lowest BCUT2D eigenvalue weighted by Crippen LogP contribution is -2.28. The summed E-state index contributed by atoms with van der Waals surface area (Å²) in [5.41, 5.74) is 4.08. The molecule has 4 nitrogen and oxygen atoms in total. The Kier molecular flexibility index (Phi) is 2.77. The van der Waals surface area contributed by atoms with Crippen LogP contribution in [0, 0.1) is 17.8 Å². The molecule has 1 saturated heterocycles. The topological polar surface area (TPSA) is 58.9 Å². The third-order valence-electron chi connectivity index (χ3n) is 4.88. The number of hydrogen-bond acceptors (Lipinski definition) is 4. The second-order valence-corrected chi connectivity index (χ2v) is 5.94. The summed E-state index contributed by atoms with van der Waals surface area (Å²) in [5.74, 6) is 0.231. The molecule has 0 amide bonds. The first-order valence-corrected chi connectivity index (χ1v) is 6.85. The van der Waals surface area contributed by atoms with Gasteiger partial charge < -0.3 is 9.94 Å². The van der Waals surface area contributed by atoms with Gasteiger partial charge in [-0.05, 0) is 38.3 Å². The Morgan fingerprint density at radius 3 is 2.84 bits per heavy atom. The summed E-state index contributed by atoms with van der Waals surface area (Å²) in [7, 11) is 0. The molecule has 0 bridgehead atoms. The molecule has 0 saturated carbocycles. The molecule has 0 aromatic rings. The van der Waals surface area contributed by atoms with Crippen LogP contribution in [0.4, 0.5) is 0 Å². The molecule has 0 spiro atoms. The largest absolute Gasteiger partial charge is 0.461 e. The molecule has 3 aliphatic rings. The Labute approximate surface area is 112 Å². The van der Waals surface area contributed by atoms with E-state index in [0.29, 0.717) is 5.71 Å². The number of carbonyl (C=O) groups is 1. The number of ether oxygens (including phenoxy) is 1. The summed E-state index contributed by atoms with van der Waals surface area (Å²) in [6.07, 6.45) is 3.72. The van der Waals surface area contributed by atoms with E-state index in [2.05, 4.69) is 12.1 Å². The minimum atomic E-state index is -0.0922. The molecule has 19 heavy (non-hydrogen) atoms. The molecule has 0 aromatic heterocycles. The van der Waals surface area contributed by atoms with Gasteiger partial charge in [-0.25, -0.2) is 0 Å². The summed E-state index contributed by atoms with van der Waals surface area (Å²) in [4.78, 5) is 11.8. The summed E-state index contributed by atoms with van der Waals surface area (Å²) in [6, 6.07) is 0. The molecule has 1 aliphatic heterocycles. The summed E-state index contributed by atoms with van der Waals surface area (Å²) < 4.78 is 5.63. The van der Waals surface area contributed by atoms with Gasteiger partial charge in [-0.1, -0.05) is 23.2 Å². The van der Waals surface area contributed by atoms with E-state index >= 15 is 0 Å². The molecule has 1 N–H and O–H groups in total. The van der Waals surface area contributed by atoms with Crippen molar-refractivity contribution in [3.8, 4) is 0 Å². The SMILES string of the molecule is CC1=C/C(=N/O)C2=C(C)CC[C@H]3[C@H](OC(=O)[C@H]3C)[C@@H]12. The lowest BCUT2D eigenvalue weighted by Gasteiger charge is -2.24. The number of esters is 1. The van der Waals surface area contributed by atoms with Gasteiger partial charge in [-0.15, -0.1) is 0 Å². The van der Waals surface area contributed by atoms with Crippen molar-refractivity contribution in [3.05, 3.63) is 22.8 Å². The highest BCUT2D eigenvalue weighted by Crippen LogP contribution is 2.47. The lowest BCUT2D eigenvalue weighted by molar-refractivity contribution is -0.144. The van der Waals surface area contributed by atoms with Gasteiger partial charge in [-0.2, -0.15) is 0 Å². The molecule has 1 heterocycles. The molecule has 3 rings (SSSR count). The maximum Gasteiger partial charge on any atom is 0.309 e. The summed E-state index contributed by atoms with van der Waals surface area (Å²) in [5, 5.41) is 12.6. The number of fused-ring (bicyclic) bond motifs is 3. The van der Waals surface area contributed by atoms with Crippen LogP contribution in [-0.2, 0) is 9.53 Å². The fourth-order valence-corrected chi connectivity index (χ4v) is 3.80. The third-order valence-corrected chi connectivity index (χ3v) is 4.88. The van der Waals surface area contributed by atoms with Gasteiger partial charge in [-0.3, -0.25) is 4.79 Å². The van der Waals surface area contributed by atoms with Crippen LogP contribution < -0.4 is 0 Å². The van der Waals surface area contributed by atoms with Gasteiger partial charge in [0.15, 0.2) is 0 Å². The van der Waals surface area contributed by atoms with Gasteiger partial charge in [0.2, 0.25) is 0 Å². The van der Waals surface area contributed by atoms with Crippen molar-refractivity contribution in [1.82, 2.24) is 0 Å². The minimum absolute atomic E-state index is 0.0277. The minimum Gasteiger partial charge on any atom is -0.461 e. The van der Waals surface area contributed by atoms with Gasteiger partial charge >= 0.3 is 5.97 Å². The zero-order valence-electron chi connectivity index (χ0n) is 11.5. The zero-order valence-corrected chi connectivity index (χ0v) is 11.5. The monoisotopic (exact) mass is 261 g/mol. The molecule has 102 valence electrons. The van der Waals surface area contributed by atoms with E-state index in [4.69, 9.17) is 4.74 Å². The Bertz CT molecular complexity index is 530. The Hall–Kier alpha value is -1.58. The van der Waals surface area contributed by atoms with Gasteiger partial charge in [0.1, 0.15) is 11.8 Å². The second kappa shape index (κ2) is 4.22. The third kappa shape index (κ3) is 1.66. The van der Waals surface area contributed by atoms with Crippen molar-refractivity contribution in [1.29, 1.82) is 0 Å². The first-order chi connectivity index (χ1) is 9.04. The number of allylic oxidation sites excluding steroid dienone is 2. The van der Waals surface area contributed by atoms with Crippen molar-refractivity contribution in [3.63, 3.8) is 0 Å². The number of hydrogen-bond donors (Lipinski definition) is 1. The molecule has 4 atom stereocenters. The van der Waals surface area contributed by atoms with Crippen molar-refractivity contribution in [2.75, 3.05) is 0 Å². The van der Waals surface area contributed by atoms with E-state index < -0.39 is 0 Å². The number of carbonyl (C=O) groups excluding carboxylic acids is 1. The average Bonchev–Trinajstić information content (AvgIpc) is 2.80. The Morgan fingerprint density at radius 2 is 2.16 bits per heavy atom. The maximum atomic E-state index is 11.8. The van der Waals surface area contributed by atoms with E-state index in [0.717, 1.165) is 24.0 Å². The van der Waals surface area contributed by atoms with E-state index in [1.165, 1.54) is 5.57 Å². The molecule has 0 aromatic carbocycles. The van der Waals surface area contributed by atoms with Crippen molar-refractivity contribution >= 4 is 11.7 Å². The van der Waals surface area contributed by atoms with Crippen LogP contribution in [0.25, 0.3) is 0 Å². The van der Waals surface area contributed by atoms with Crippen LogP contribution in [0.3, 0.4) is 0 Å². The fraction of sp³-hybridized carbons (Fsp3) is 0.600. The predicted molar refractivity (Wildman–Crippen MR) is 70.9 cm³/mol.